The van der Waals surface area contributed by atoms with E-state index >= 15 is 0 Å². The first kappa shape index (κ1) is 13.8. The molecule has 1 heterocycles. The first-order valence-corrected chi connectivity index (χ1v) is 7.58. The van der Waals surface area contributed by atoms with Crippen molar-refractivity contribution in [3.63, 3.8) is 0 Å². The van der Waals surface area contributed by atoms with Gasteiger partial charge in [0.15, 0.2) is 0 Å². The van der Waals surface area contributed by atoms with Gasteiger partial charge in [-0.25, -0.2) is 0 Å². The molecule has 0 aromatic carbocycles. The van der Waals surface area contributed by atoms with Gasteiger partial charge < -0.3 is 11.1 Å². The SMILES string of the molecule is CC(NC(=O)C1CCCCC1N)c1ccc(Cl)s1. The van der Waals surface area contributed by atoms with Crippen LogP contribution < -0.4 is 11.1 Å². The Balaban J connectivity index is 1.94. The molecule has 1 aliphatic rings. The highest BCUT2D eigenvalue weighted by Gasteiger charge is 2.29. The predicted octanol–water partition coefficient (Wildman–Crippen LogP) is 3.10. The zero-order chi connectivity index (χ0) is 13.1. The van der Waals surface area contributed by atoms with Crippen LogP contribution >= 0.6 is 22.9 Å². The maximum Gasteiger partial charge on any atom is 0.225 e. The summed E-state index contributed by atoms with van der Waals surface area (Å²) in [7, 11) is 0. The summed E-state index contributed by atoms with van der Waals surface area (Å²) in [6.07, 6.45) is 4.11. The van der Waals surface area contributed by atoms with E-state index in [4.69, 9.17) is 17.3 Å². The van der Waals surface area contributed by atoms with Crippen molar-refractivity contribution in [2.45, 2.75) is 44.7 Å². The molecule has 1 fully saturated rings. The van der Waals surface area contributed by atoms with E-state index in [9.17, 15) is 4.79 Å². The Bertz CT molecular complexity index is 421. The minimum atomic E-state index is -0.0309. The molecule has 3 unspecified atom stereocenters. The smallest absolute Gasteiger partial charge is 0.225 e. The molecule has 1 saturated carbocycles. The number of thiophene rings is 1. The summed E-state index contributed by atoms with van der Waals surface area (Å²) in [4.78, 5) is 13.3. The molecule has 100 valence electrons. The van der Waals surface area contributed by atoms with Crippen LogP contribution in [0.4, 0.5) is 0 Å². The van der Waals surface area contributed by atoms with Crippen molar-refractivity contribution < 1.29 is 4.79 Å². The molecule has 1 aromatic rings. The minimum absolute atomic E-state index is 0.00382. The number of rotatable bonds is 3. The molecule has 3 atom stereocenters. The lowest BCUT2D eigenvalue weighted by atomic mass is 9.84. The lowest BCUT2D eigenvalue weighted by Crippen LogP contribution is -2.44. The van der Waals surface area contributed by atoms with Crippen molar-refractivity contribution in [2.75, 3.05) is 0 Å². The van der Waals surface area contributed by atoms with Gasteiger partial charge in [-0.15, -0.1) is 11.3 Å². The van der Waals surface area contributed by atoms with Crippen LogP contribution in [-0.4, -0.2) is 11.9 Å². The molecule has 1 amide bonds. The summed E-state index contributed by atoms with van der Waals surface area (Å²) in [5.74, 6) is 0.0517. The van der Waals surface area contributed by atoms with Gasteiger partial charge in [0.05, 0.1) is 16.3 Å². The second-order valence-corrected chi connectivity index (χ2v) is 6.67. The molecule has 1 aliphatic carbocycles. The van der Waals surface area contributed by atoms with Crippen molar-refractivity contribution in [3.8, 4) is 0 Å². The molecule has 5 heteroatoms. The van der Waals surface area contributed by atoms with Crippen molar-refractivity contribution >= 4 is 28.8 Å². The summed E-state index contributed by atoms with van der Waals surface area (Å²) < 4.78 is 0.750. The predicted molar refractivity (Wildman–Crippen MR) is 75.8 cm³/mol. The van der Waals surface area contributed by atoms with Gasteiger partial charge in [-0.05, 0) is 31.9 Å². The van der Waals surface area contributed by atoms with Gasteiger partial charge in [-0.3, -0.25) is 4.79 Å². The highest BCUT2D eigenvalue weighted by atomic mass is 35.5. The summed E-state index contributed by atoms with van der Waals surface area (Å²) in [5.41, 5.74) is 6.02. The number of halogens is 1. The first-order valence-electron chi connectivity index (χ1n) is 6.39. The van der Waals surface area contributed by atoms with E-state index in [2.05, 4.69) is 5.32 Å². The van der Waals surface area contributed by atoms with Crippen molar-refractivity contribution in [1.82, 2.24) is 5.32 Å². The van der Waals surface area contributed by atoms with Gasteiger partial charge in [-0.1, -0.05) is 24.4 Å². The monoisotopic (exact) mass is 286 g/mol. The third-order valence-electron chi connectivity index (χ3n) is 3.54. The maximum atomic E-state index is 12.2. The summed E-state index contributed by atoms with van der Waals surface area (Å²) >= 11 is 7.40. The van der Waals surface area contributed by atoms with Crippen LogP contribution in [0.1, 0.15) is 43.5 Å². The molecular formula is C13H19ClN2OS. The number of nitrogens with one attached hydrogen (secondary N) is 1. The summed E-state index contributed by atoms with van der Waals surface area (Å²) in [6.45, 7) is 1.98. The lowest BCUT2D eigenvalue weighted by molar-refractivity contribution is -0.127. The molecule has 0 bridgehead atoms. The Morgan fingerprint density at radius 3 is 2.83 bits per heavy atom. The fourth-order valence-corrected chi connectivity index (χ4v) is 3.50. The van der Waals surface area contributed by atoms with E-state index < -0.39 is 0 Å². The third kappa shape index (κ3) is 3.25. The lowest BCUT2D eigenvalue weighted by Gasteiger charge is -2.28. The number of hydrogen-bond donors (Lipinski definition) is 2. The van der Waals surface area contributed by atoms with Gasteiger partial charge in [0, 0.05) is 10.9 Å². The second kappa shape index (κ2) is 6.04. The summed E-state index contributed by atoms with van der Waals surface area (Å²) in [6, 6.07) is 3.83. The van der Waals surface area contributed by atoms with Crippen LogP contribution in [0.25, 0.3) is 0 Å². The molecule has 0 spiro atoms. The van der Waals surface area contributed by atoms with Gasteiger partial charge >= 0.3 is 0 Å². The van der Waals surface area contributed by atoms with Gasteiger partial charge in [0.1, 0.15) is 0 Å². The standard InChI is InChI=1S/C13H19ClN2OS/c1-8(11-6-7-12(14)18-11)16-13(17)9-4-2-3-5-10(9)15/h6-10H,2-5,15H2,1H3,(H,16,17). The quantitative estimate of drug-likeness (QED) is 0.897. The molecule has 3 nitrogen and oxygen atoms in total. The topological polar surface area (TPSA) is 55.1 Å². The zero-order valence-electron chi connectivity index (χ0n) is 10.5. The van der Waals surface area contributed by atoms with Crippen LogP contribution in [0.5, 0.6) is 0 Å². The largest absolute Gasteiger partial charge is 0.348 e. The van der Waals surface area contributed by atoms with Crippen LogP contribution in [0.3, 0.4) is 0 Å². The molecule has 2 rings (SSSR count). The van der Waals surface area contributed by atoms with E-state index in [1.165, 1.54) is 11.3 Å². The number of carbonyl (C=O) groups excluding carboxylic acids is 1. The van der Waals surface area contributed by atoms with E-state index in [1.54, 1.807) is 0 Å². The molecule has 3 N–H and O–H groups in total. The molecule has 18 heavy (non-hydrogen) atoms. The molecule has 0 aliphatic heterocycles. The molecule has 0 radical (unpaired) electrons. The van der Waals surface area contributed by atoms with Crippen LogP contribution in [0.2, 0.25) is 4.34 Å². The normalized spacial score (nSPS) is 25.7. The fourth-order valence-electron chi connectivity index (χ4n) is 2.44. The average molecular weight is 287 g/mol. The number of carbonyl (C=O) groups is 1. The van der Waals surface area contributed by atoms with Crippen LogP contribution in [0.15, 0.2) is 12.1 Å². The number of nitrogens with two attached hydrogens (primary N) is 1. The Labute approximate surface area is 117 Å². The average Bonchev–Trinajstić information content (AvgIpc) is 2.76. The highest BCUT2D eigenvalue weighted by molar-refractivity contribution is 7.16. The molecule has 0 saturated heterocycles. The Hall–Kier alpha value is -0.580. The first-order chi connectivity index (χ1) is 8.58. The Kier molecular flexibility index (Phi) is 4.65. The molecular weight excluding hydrogens is 268 g/mol. The van der Waals surface area contributed by atoms with E-state index in [0.29, 0.717) is 0 Å². The van der Waals surface area contributed by atoms with Gasteiger partial charge in [-0.2, -0.15) is 0 Å². The van der Waals surface area contributed by atoms with Crippen molar-refractivity contribution in [1.29, 1.82) is 0 Å². The van der Waals surface area contributed by atoms with E-state index in [-0.39, 0.29) is 23.9 Å². The van der Waals surface area contributed by atoms with Crippen molar-refractivity contribution in [3.05, 3.63) is 21.3 Å². The highest BCUT2D eigenvalue weighted by Crippen LogP contribution is 2.28. The Morgan fingerprint density at radius 2 is 2.22 bits per heavy atom. The third-order valence-corrected chi connectivity index (χ3v) is 4.95. The van der Waals surface area contributed by atoms with Crippen molar-refractivity contribution in [2.24, 2.45) is 11.7 Å². The van der Waals surface area contributed by atoms with Gasteiger partial charge in [0.25, 0.3) is 0 Å². The number of hydrogen-bond acceptors (Lipinski definition) is 3. The second-order valence-electron chi connectivity index (χ2n) is 4.93. The van der Waals surface area contributed by atoms with E-state index in [0.717, 1.165) is 34.9 Å². The molecule has 1 aromatic heterocycles. The zero-order valence-corrected chi connectivity index (χ0v) is 12.1. The summed E-state index contributed by atoms with van der Waals surface area (Å²) in [5, 5.41) is 3.04. The Morgan fingerprint density at radius 1 is 1.50 bits per heavy atom. The van der Waals surface area contributed by atoms with Gasteiger partial charge in [0.2, 0.25) is 5.91 Å². The minimum Gasteiger partial charge on any atom is -0.348 e. The maximum absolute atomic E-state index is 12.2. The van der Waals surface area contributed by atoms with Crippen LogP contribution in [0, 0.1) is 5.92 Å². The van der Waals surface area contributed by atoms with Crippen LogP contribution in [-0.2, 0) is 4.79 Å². The van der Waals surface area contributed by atoms with E-state index in [1.807, 2.05) is 19.1 Å². The fraction of sp³-hybridized carbons (Fsp3) is 0.615. The number of amides is 1.